The maximum Gasteiger partial charge on any atom is 0.222 e. The van der Waals surface area contributed by atoms with Gasteiger partial charge in [0.15, 0.2) is 5.66 Å². The van der Waals surface area contributed by atoms with E-state index in [1.165, 1.54) is 5.56 Å². The lowest BCUT2D eigenvalue weighted by Gasteiger charge is -2.22. The van der Waals surface area contributed by atoms with Crippen molar-refractivity contribution < 1.29 is 4.79 Å². The van der Waals surface area contributed by atoms with E-state index in [4.69, 9.17) is 11.7 Å². The van der Waals surface area contributed by atoms with Gasteiger partial charge in [-0.1, -0.05) is 12.1 Å². The highest BCUT2D eigenvalue weighted by atomic mass is 16.2. The quantitative estimate of drug-likeness (QED) is 0.699. The van der Waals surface area contributed by atoms with Crippen molar-refractivity contribution in [2.24, 2.45) is 10.2 Å². The molecule has 6 heteroatoms. The van der Waals surface area contributed by atoms with Crippen LogP contribution in [0.2, 0.25) is 0 Å². The van der Waals surface area contributed by atoms with Gasteiger partial charge in [-0.05, 0) is 24.1 Å². The van der Waals surface area contributed by atoms with Crippen molar-refractivity contribution in [3.8, 4) is 18.4 Å². The highest BCUT2D eigenvalue weighted by molar-refractivity contribution is 5.76. The minimum absolute atomic E-state index is 0.188. The predicted molar refractivity (Wildman–Crippen MR) is 103 cm³/mol. The zero-order valence-electron chi connectivity index (χ0n) is 15.6. The molecule has 0 atom stereocenters. The fourth-order valence-electron chi connectivity index (χ4n) is 3.45. The average Bonchev–Trinajstić information content (AvgIpc) is 3.50. The normalized spacial score (nSPS) is 18.4. The van der Waals surface area contributed by atoms with Gasteiger partial charge < -0.3 is 4.90 Å². The number of carbonyl (C=O) groups is 1. The summed E-state index contributed by atoms with van der Waals surface area (Å²) in [5.74, 6) is 2.81. The average molecular weight is 363 g/mol. The Kier molecular flexibility index (Phi) is 6.21. The predicted octanol–water partition coefficient (Wildman–Crippen LogP) is 2.95. The topological polar surface area (TPSA) is 72.1 Å². The lowest BCUT2D eigenvalue weighted by Crippen LogP contribution is -2.35. The number of terminal acetylenes is 1. The largest absolute Gasteiger partial charge is 0.341 e. The third-order valence-electron chi connectivity index (χ3n) is 5.22. The van der Waals surface area contributed by atoms with E-state index in [-0.39, 0.29) is 11.6 Å². The second kappa shape index (κ2) is 8.79. The lowest BCUT2D eigenvalue weighted by atomic mass is 10.0. The van der Waals surface area contributed by atoms with E-state index >= 15 is 0 Å². The molecular weight excluding hydrogens is 338 g/mol. The van der Waals surface area contributed by atoms with Crippen molar-refractivity contribution in [1.82, 2.24) is 9.80 Å². The number of rotatable bonds is 7. The molecule has 0 unspecified atom stereocenters. The molecule has 0 radical (unpaired) electrons. The molecule has 1 aromatic carbocycles. The van der Waals surface area contributed by atoms with Crippen LogP contribution in [0.1, 0.15) is 43.2 Å². The first kappa shape index (κ1) is 19.1. The first-order valence-corrected chi connectivity index (χ1v) is 9.51. The Balaban J connectivity index is 1.44. The van der Waals surface area contributed by atoms with Crippen LogP contribution in [-0.2, 0) is 11.3 Å². The molecular formula is C21H25N5O. The molecule has 0 aliphatic carbocycles. The summed E-state index contributed by atoms with van der Waals surface area (Å²) >= 11 is 0. The fourth-order valence-corrected chi connectivity index (χ4v) is 3.45. The Labute approximate surface area is 160 Å². The molecule has 0 bridgehead atoms. The van der Waals surface area contributed by atoms with Gasteiger partial charge in [-0.25, -0.2) is 0 Å². The Morgan fingerprint density at radius 1 is 1.15 bits per heavy atom. The van der Waals surface area contributed by atoms with Gasteiger partial charge in [0.25, 0.3) is 0 Å². The molecule has 1 saturated heterocycles. The smallest absolute Gasteiger partial charge is 0.222 e. The fraction of sp³-hybridized carbons (Fsp3) is 0.524. The molecule has 2 aliphatic heterocycles. The van der Waals surface area contributed by atoms with Gasteiger partial charge in [-0.2, -0.15) is 15.5 Å². The van der Waals surface area contributed by atoms with Gasteiger partial charge in [0.2, 0.25) is 5.91 Å². The van der Waals surface area contributed by atoms with Crippen molar-refractivity contribution in [1.29, 1.82) is 5.26 Å². The number of amides is 1. The molecule has 0 aromatic heterocycles. The number of nitrogens with zero attached hydrogens (tertiary/aromatic N) is 5. The maximum atomic E-state index is 12.6. The summed E-state index contributed by atoms with van der Waals surface area (Å²) < 4.78 is 0. The molecule has 1 fully saturated rings. The van der Waals surface area contributed by atoms with E-state index in [9.17, 15) is 4.79 Å². The third-order valence-corrected chi connectivity index (χ3v) is 5.22. The maximum absolute atomic E-state index is 12.6. The van der Waals surface area contributed by atoms with E-state index in [0.717, 1.165) is 45.6 Å². The van der Waals surface area contributed by atoms with Crippen LogP contribution in [0.25, 0.3) is 0 Å². The molecule has 0 spiro atoms. The minimum Gasteiger partial charge on any atom is -0.341 e. The van der Waals surface area contributed by atoms with Gasteiger partial charge in [-0.15, -0.1) is 12.3 Å². The molecule has 2 aliphatic rings. The molecule has 27 heavy (non-hydrogen) atoms. The number of hydrogen-bond acceptors (Lipinski definition) is 5. The van der Waals surface area contributed by atoms with Crippen LogP contribution in [0.4, 0.5) is 0 Å². The Hall–Kier alpha value is -2.70. The number of hydrogen-bond donors (Lipinski definition) is 0. The van der Waals surface area contributed by atoms with E-state index in [1.807, 2.05) is 29.2 Å². The van der Waals surface area contributed by atoms with E-state index in [0.29, 0.717) is 24.8 Å². The van der Waals surface area contributed by atoms with Crippen LogP contribution in [0.15, 0.2) is 34.5 Å². The Bertz CT molecular complexity index is 765. The van der Waals surface area contributed by atoms with Crippen LogP contribution in [0.3, 0.4) is 0 Å². The monoisotopic (exact) mass is 363 g/mol. The molecule has 3 rings (SSSR count). The van der Waals surface area contributed by atoms with Crippen molar-refractivity contribution in [3.05, 3.63) is 35.4 Å². The molecule has 1 aromatic rings. The molecule has 0 N–H and O–H groups in total. The molecule has 140 valence electrons. The highest BCUT2D eigenvalue weighted by Crippen LogP contribution is 2.37. The molecule has 6 nitrogen and oxygen atoms in total. The number of benzene rings is 1. The minimum atomic E-state index is -0.379. The van der Waals surface area contributed by atoms with Crippen LogP contribution in [-0.4, -0.2) is 47.5 Å². The summed E-state index contributed by atoms with van der Waals surface area (Å²) in [5, 5.41) is 17.1. The van der Waals surface area contributed by atoms with Crippen molar-refractivity contribution in [2.75, 3.05) is 26.2 Å². The van der Waals surface area contributed by atoms with Crippen LogP contribution in [0.5, 0.6) is 0 Å². The van der Waals surface area contributed by atoms with Crippen LogP contribution in [0, 0.1) is 23.7 Å². The van der Waals surface area contributed by atoms with Crippen molar-refractivity contribution in [2.45, 2.75) is 44.3 Å². The zero-order valence-corrected chi connectivity index (χ0v) is 15.6. The van der Waals surface area contributed by atoms with Gasteiger partial charge >= 0.3 is 0 Å². The van der Waals surface area contributed by atoms with Gasteiger partial charge in [0.05, 0.1) is 11.6 Å². The van der Waals surface area contributed by atoms with Gasteiger partial charge in [0.1, 0.15) is 0 Å². The lowest BCUT2D eigenvalue weighted by molar-refractivity contribution is -0.131. The Morgan fingerprint density at radius 3 is 2.59 bits per heavy atom. The van der Waals surface area contributed by atoms with Crippen LogP contribution >= 0.6 is 0 Å². The van der Waals surface area contributed by atoms with E-state index in [1.54, 1.807) is 0 Å². The molecule has 2 heterocycles. The highest BCUT2D eigenvalue weighted by Gasteiger charge is 2.39. The Morgan fingerprint density at radius 2 is 1.93 bits per heavy atom. The summed E-state index contributed by atoms with van der Waals surface area (Å²) in [6, 6.07) is 9.86. The van der Waals surface area contributed by atoms with E-state index < -0.39 is 0 Å². The first-order chi connectivity index (χ1) is 13.1. The van der Waals surface area contributed by atoms with Gasteiger partial charge in [-0.3, -0.25) is 9.69 Å². The summed E-state index contributed by atoms with van der Waals surface area (Å²) in [4.78, 5) is 16.9. The SMILES string of the molecule is C#CCCC1(CCC(=O)N2CCCN(Cc3ccc(C#N)cc3)CC2)N=N1. The standard InChI is InChI=1S/C21H25N5O/c1-2-3-10-21(23-24-21)11-9-20(27)26-13-4-12-25(14-15-26)17-19-7-5-18(16-22)6-8-19/h1,5-8H,3-4,9-15,17H2. The summed E-state index contributed by atoms with van der Waals surface area (Å²) in [6.07, 6.45) is 8.82. The number of carbonyl (C=O) groups excluding carboxylic acids is 1. The second-order valence-electron chi connectivity index (χ2n) is 7.21. The van der Waals surface area contributed by atoms with Crippen molar-refractivity contribution >= 4 is 5.91 Å². The van der Waals surface area contributed by atoms with Crippen LogP contribution < -0.4 is 0 Å². The molecule has 1 amide bonds. The van der Waals surface area contributed by atoms with Crippen molar-refractivity contribution in [3.63, 3.8) is 0 Å². The summed E-state index contributed by atoms with van der Waals surface area (Å²) in [5.41, 5.74) is 1.50. The summed E-state index contributed by atoms with van der Waals surface area (Å²) in [7, 11) is 0. The summed E-state index contributed by atoms with van der Waals surface area (Å²) in [6.45, 7) is 4.24. The molecule has 0 saturated carbocycles. The zero-order chi connectivity index (χ0) is 19.1. The number of nitriles is 1. The third kappa shape index (κ3) is 5.39. The van der Waals surface area contributed by atoms with E-state index in [2.05, 4.69) is 27.1 Å². The second-order valence-corrected chi connectivity index (χ2v) is 7.21. The van der Waals surface area contributed by atoms with Gasteiger partial charge in [0, 0.05) is 58.4 Å². The first-order valence-electron chi connectivity index (χ1n) is 9.51.